The van der Waals surface area contributed by atoms with E-state index in [0.717, 1.165) is 0 Å². The van der Waals surface area contributed by atoms with Crippen LogP contribution in [0.2, 0.25) is 0 Å². The van der Waals surface area contributed by atoms with Gasteiger partial charge in [-0.05, 0) is 6.08 Å². The van der Waals surface area contributed by atoms with Gasteiger partial charge in [-0.2, -0.15) is 0 Å². The molecule has 1 aromatic rings. The summed E-state index contributed by atoms with van der Waals surface area (Å²) in [4.78, 5) is 27.0. The molecular formula is C14H19NO3SV. The minimum Gasteiger partial charge on any atom is -0.377 e. The van der Waals surface area contributed by atoms with Gasteiger partial charge in [-0.15, -0.1) is 11.3 Å². The van der Waals surface area contributed by atoms with Crippen LogP contribution in [-0.2, 0) is 28.1 Å². The summed E-state index contributed by atoms with van der Waals surface area (Å²) in [6.07, 6.45) is 3.84. The number of Topliss-reactive ketones (excluding diaryl/α,β-unsaturated/α-hetero) is 2. The number of nitrogens with zero attached hydrogens (tertiary/aromatic N) is 1. The molecule has 2 atom stereocenters. The molecule has 0 saturated carbocycles. The van der Waals surface area contributed by atoms with Crippen LogP contribution in [0.1, 0.15) is 42.7 Å². The van der Waals surface area contributed by atoms with E-state index in [9.17, 15) is 9.59 Å². The topological polar surface area (TPSA) is 56.3 Å². The third-order valence-electron chi connectivity index (χ3n) is 2.90. The van der Waals surface area contributed by atoms with Gasteiger partial charge in [-0.3, -0.25) is 9.59 Å². The van der Waals surface area contributed by atoms with Crippen molar-refractivity contribution in [3.8, 4) is 0 Å². The number of carbonyl (C=O) groups excluding carboxylic acids is 2. The summed E-state index contributed by atoms with van der Waals surface area (Å²) < 4.78 is 5.31. The van der Waals surface area contributed by atoms with E-state index in [1.807, 2.05) is 25.3 Å². The van der Waals surface area contributed by atoms with Crippen molar-refractivity contribution >= 4 is 29.0 Å². The molecule has 0 saturated heterocycles. The summed E-state index contributed by atoms with van der Waals surface area (Å²) in [7, 11) is 1.58. The zero-order valence-corrected chi connectivity index (χ0v) is 14.3. The fourth-order valence-electron chi connectivity index (χ4n) is 1.67. The number of ketones is 2. The smallest absolute Gasteiger partial charge is 0.188 e. The number of hydrogen-bond acceptors (Lipinski definition) is 5. The molecule has 109 valence electrons. The van der Waals surface area contributed by atoms with Crippen LogP contribution in [0.3, 0.4) is 0 Å². The summed E-state index contributed by atoms with van der Waals surface area (Å²) in [6, 6.07) is 0. The molecule has 1 heterocycles. The van der Waals surface area contributed by atoms with Gasteiger partial charge in [0.05, 0.1) is 11.8 Å². The monoisotopic (exact) mass is 332 g/mol. The van der Waals surface area contributed by atoms with Gasteiger partial charge in [0.15, 0.2) is 10.8 Å². The molecule has 20 heavy (non-hydrogen) atoms. The van der Waals surface area contributed by atoms with E-state index in [1.54, 1.807) is 13.2 Å². The van der Waals surface area contributed by atoms with E-state index in [0.29, 0.717) is 17.1 Å². The van der Waals surface area contributed by atoms with Crippen molar-refractivity contribution in [3.05, 3.63) is 22.2 Å². The van der Waals surface area contributed by atoms with Crippen LogP contribution in [-0.4, -0.2) is 29.8 Å². The first kappa shape index (κ1) is 19.3. The Kier molecular flexibility index (Phi) is 8.89. The van der Waals surface area contributed by atoms with Gasteiger partial charge in [0, 0.05) is 50.3 Å². The number of methoxy groups -OCH3 is 1. The molecule has 4 nitrogen and oxygen atoms in total. The average Bonchev–Trinajstić information content (AvgIpc) is 2.87. The fraction of sp³-hybridized carbons (Fsp3) is 0.500. The van der Waals surface area contributed by atoms with Crippen molar-refractivity contribution in [2.45, 2.75) is 33.3 Å². The molecule has 0 aromatic carbocycles. The number of rotatable bonds is 7. The van der Waals surface area contributed by atoms with Crippen LogP contribution < -0.4 is 0 Å². The Hall–Kier alpha value is -0.746. The van der Waals surface area contributed by atoms with Gasteiger partial charge in [-0.25, -0.2) is 4.98 Å². The van der Waals surface area contributed by atoms with Crippen LogP contribution in [0.4, 0.5) is 0 Å². The third kappa shape index (κ3) is 5.33. The quantitative estimate of drug-likeness (QED) is 0.720. The normalized spacial score (nSPS) is 13.8. The Morgan fingerprint density at radius 2 is 2.15 bits per heavy atom. The predicted octanol–water partition coefficient (Wildman–Crippen LogP) is 2.99. The SMILES string of the molecule is CCC(=O)C(C)C(/C=C/c1csc(C(C)=O)n1)OC.[V]. The molecule has 0 aliphatic carbocycles. The number of hydrogen-bond donors (Lipinski definition) is 0. The Balaban J connectivity index is 0.00000361. The molecule has 1 radical (unpaired) electrons. The molecule has 0 aliphatic heterocycles. The standard InChI is InChI=1S/C14H19NO3S.V/c1-5-12(17)9(2)13(18-4)7-6-11-8-19-14(15-11)10(3)16;/h6-9,13H,5H2,1-4H3;/b7-6+;. The van der Waals surface area contributed by atoms with Crippen molar-refractivity contribution in [1.29, 1.82) is 0 Å². The van der Waals surface area contributed by atoms with Gasteiger partial charge < -0.3 is 4.74 Å². The summed E-state index contributed by atoms with van der Waals surface area (Å²) in [5, 5.41) is 2.30. The predicted molar refractivity (Wildman–Crippen MR) is 76.4 cm³/mol. The minimum absolute atomic E-state index is 0. The second kappa shape index (κ2) is 9.24. The van der Waals surface area contributed by atoms with Crippen molar-refractivity contribution in [3.63, 3.8) is 0 Å². The fourth-order valence-corrected chi connectivity index (χ4v) is 2.36. The van der Waals surface area contributed by atoms with Gasteiger partial charge in [0.2, 0.25) is 0 Å². The number of ether oxygens (including phenoxy) is 1. The first-order chi connectivity index (χ1) is 8.99. The molecular weight excluding hydrogens is 313 g/mol. The summed E-state index contributed by atoms with van der Waals surface area (Å²) in [5.74, 6) is -0.0566. The van der Waals surface area contributed by atoms with Crippen LogP contribution >= 0.6 is 11.3 Å². The third-order valence-corrected chi connectivity index (χ3v) is 3.86. The Labute approximate surface area is 135 Å². The maximum absolute atomic E-state index is 11.6. The molecule has 0 bridgehead atoms. The molecule has 0 spiro atoms. The largest absolute Gasteiger partial charge is 0.377 e. The average molecular weight is 332 g/mol. The number of carbonyl (C=O) groups is 2. The van der Waals surface area contributed by atoms with Gasteiger partial charge >= 0.3 is 0 Å². The van der Waals surface area contributed by atoms with Gasteiger partial charge in [0.1, 0.15) is 5.78 Å². The molecule has 0 aliphatic rings. The zero-order chi connectivity index (χ0) is 14.4. The number of thiazole rings is 1. The first-order valence-electron chi connectivity index (χ1n) is 6.19. The molecule has 6 heteroatoms. The molecule has 2 unspecified atom stereocenters. The molecule has 0 fully saturated rings. The van der Waals surface area contributed by atoms with E-state index < -0.39 is 0 Å². The summed E-state index contributed by atoms with van der Waals surface area (Å²) >= 11 is 1.32. The Morgan fingerprint density at radius 3 is 2.60 bits per heavy atom. The van der Waals surface area contributed by atoms with Gasteiger partial charge in [-0.1, -0.05) is 19.9 Å². The van der Waals surface area contributed by atoms with E-state index >= 15 is 0 Å². The minimum atomic E-state index is -0.269. The van der Waals surface area contributed by atoms with Crippen LogP contribution in [0, 0.1) is 5.92 Å². The molecule has 0 N–H and O–H groups in total. The molecule has 0 amide bonds. The van der Waals surface area contributed by atoms with Crippen LogP contribution in [0.5, 0.6) is 0 Å². The van der Waals surface area contributed by atoms with Crippen molar-refractivity contribution in [1.82, 2.24) is 4.98 Å². The van der Waals surface area contributed by atoms with Gasteiger partial charge in [0.25, 0.3) is 0 Å². The van der Waals surface area contributed by atoms with Crippen LogP contribution in [0.25, 0.3) is 6.08 Å². The molecule has 1 aromatic heterocycles. The van der Waals surface area contributed by atoms with E-state index in [2.05, 4.69) is 4.98 Å². The van der Waals surface area contributed by atoms with Crippen LogP contribution in [0.15, 0.2) is 11.5 Å². The van der Waals surface area contributed by atoms with Crippen molar-refractivity contribution < 1.29 is 32.9 Å². The van der Waals surface area contributed by atoms with E-state index in [-0.39, 0.29) is 42.1 Å². The maximum atomic E-state index is 11.6. The van der Waals surface area contributed by atoms with E-state index in [4.69, 9.17) is 4.74 Å². The van der Waals surface area contributed by atoms with E-state index in [1.165, 1.54) is 18.3 Å². The first-order valence-corrected chi connectivity index (χ1v) is 7.07. The second-order valence-electron chi connectivity index (χ2n) is 4.30. The van der Waals surface area contributed by atoms with Crippen molar-refractivity contribution in [2.24, 2.45) is 5.92 Å². The summed E-state index contributed by atoms with van der Waals surface area (Å²) in [6.45, 7) is 5.19. The Bertz CT molecular complexity index is 485. The maximum Gasteiger partial charge on any atom is 0.188 e. The van der Waals surface area contributed by atoms with Crippen molar-refractivity contribution in [2.75, 3.05) is 7.11 Å². The summed E-state index contributed by atoms with van der Waals surface area (Å²) in [5.41, 5.74) is 0.716. The molecule has 1 rings (SSSR count). The Morgan fingerprint density at radius 1 is 1.50 bits per heavy atom. The number of aromatic nitrogens is 1. The second-order valence-corrected chi connectivity index (χ2v) is 5.16. The zero-order valence-electron chi connectivity index (χ0n) is 12.1.